The van der Waals surface area contributed by atoms with Crippen molar-refractivity contribution in [1.29, 1.82) is 0 Å². The van der Waals surface area contributed by atoms with E-state index >= 15 is 0 Å². The van der Waals surface area contributed by atoms with Crippen molar-refractivity contribution < 1.29 is 24.0 Å². The van der Waals surface area contributed by atoms with E-state index in [1.807, 2.05) is 13.8 Å². The number of hydrogen-bond acceptors (Lipinski definition) is 5. The van der Waals surface area contributed by atoms with E-state index in [9.17, 15) is 0 Å². The van der Waals surface area contributed by atoms with Crippen LogP contribution in [-0.4, -0.2) is 18.5 Å². The van der Waals surface area contributed by atoms with Crippen LogP contribution in [0.25, 0.3) is 0 Å². The summed E-state index contributed by atoms with van der Waals surface area (Å²) in [7, 11) is -1.74. The Bertz CT molecular complexity index is 92.0. The maximum Gasteiger partial charge on any atom is 0.391 e. The quantitative estimate of drug-likeness (QED) is 0.281. The lowest BCUT2D eigenvalue weighted by atomic mass is 10.5. The van der Waals surface area contributed by atoms with Gasteiger partial charge in [0.2, 0.25) is 0 Å². The molecule has 12 heavy (non-hydrogen) atoms. The van der Waals surface area contributed by atoms with Gasteiger partial charge in [-0.05, 0) is 12.8 Å². The molecule has 0 spiro atoms. The summed E-state index contributed by atoms with van der Waals surface area (Å²) in [5.74, 6) is 0. The second-order valence-corrected chi connectivity index (χ2v) is 3.05. The van der Waals surface area contributed by atoms with Crippen LogP contribution in [0.15, 0.2) is 0 Å². The van der Waals surface area contributed by atoms with Crippen molar-refractivity contribution in [2.75, 3.05) is 13.2 Å². The van der Waals surface area contributed by atoms with Crippen molar-refractivity contribution in [1.82, 2.24) is 0 Å². The maximum absolute atomic E-state index is 8.25. The lowest BCUT2D eigenvalue weighted by molar-refractivity contribution is -0.248. The predicted molar refractivity (Wildman–Crippen MR) is 44.2 cm³/mol. The van der Waals surface area contributed by atoms with Gasteiger partial charge in [0, 0.05) is 0 Å². The molecule has 0 aliphatic rings. The van der Waals surface area contributed by atoms with Crippen LogP contribution < -0.4 is 0 Å². The van der Waals surface area contributed by atoms with Gasteiger partial charge >= 0.3 is 8.60 Å². The Morgan fingerprint density at radius 1 is 1.17 bits per heavy atom. The summed E-state index contributed by atoms with van der Waals surface area (Å²) in [6.07, 6.45) is 1.67. The van der Waals surface area contributed by atoms with Gasteiger partial charge < -0.3 is 4.52 Å². The lowest BCUT2D eigenvalue weighted by Gasteiger charge is -2.10. The summed E-state index contributed by atoms with van der Waals surface area (Å²) in [6, 6.07) is 0. The van der Waals surface area contributed by atoms with E-state index in [2.05, 4.69) is 14.2 Å². The highest BCUT2D eigenvalue weighted by Gasteiger charge is 2.12. The van der Waals surface area contributed by atoms with Crippen molar-refractivity contribution >= 4 is 8.60 Å². The molecule has 1 unspecified atom stereocenters. The molecule has 6 heteroatoms. The molecule has 5 nitrogen and oxygen atoms in total. The monoisotopic (exact) mass is 198 g/mol. The molecule has 0 bridgehead atoms. The van der Waals surface area contributed by atoms with Crippen LogP contribution in [0, 0.1) is 0 Å². The van der Waals surface area contributed by atoms with Gasteiger partial charge in [-0.25, -0.2) is 10.1 Å². The molecule has 74 valence electrons. The molecule has 0 saturated carbocycles. The molecule has 0 radical (unpaired) electrons. The van der Waals surface area contributed by atoms with E-state index in [1.54, 1.807) is 0 Å². The zero-order chi connectivity index (χ0) is 9.23. The van der Waals surface area contributed by atoms with Crippen LogP contribution in [0.3, 0.4) is 0 Å². The third-order valence-corrected chi connectivity index (χ3v) is 1.62. The smallest absolute Gasteiger partial charge is 0.309 e. The van der Waals surface area contributed by atoms with E-state index < -0.39 is 8.60 Å². The fraction of sp³-hybridized carbons (Fsp3) is 1.00. The van der Waals surface area contributed by atoms with E-state index in [1.165, 1.54) is 0 Å². The highest BCUT2D eigenvalue weighted by atomic mass is 31.2. The SMILES string of the molecule is CCCOOP(OO)OCCC. The molecule has 0 aliphatic carbocycles. The van der Waals surface area contributed by atoms with Gasteiger partial charge in [0.05, 0.1) is 13.2 Å². The number of rotatable bonds is 8. The van der Waals surface area contributed by atoms with Crippen LogP contribution >= 0.6 is 8.60 Å². The van der Waals surface area contributed by atoms with E-state index in [0.717, 1.165) is 12.8 Å². The van der Waals surface area contributed by atoms with Gasteiger partial charge in [0.15, 0.2) is 0 Å². The van der Waals surface area contributed by atoms with E-state index in [0.29, 0.717) is 13.2 Å². The van der Waals surface area contributed by atoms with Gasteiger partial charge in [-0.3, -0.25) is 0 Å². The molecule has 0 amide bonds. The zero-order valence-corrected chi connectivity index (χ0v) is 8.25. The van der Waals surface area contributed by atoms with Gasteiger partial charge in [-0.15, -0.1) is 0 Å². The second kappa shape index (κ2) is 9.32. The third-order valence-electron chi connectivity index (χ3n) is 0.869. The zero-order valence-electron chi connectivity index (χ0n) is 7.36. The molecule has 0 saturated heterocycles. The molecule has 1 atom stereocenters. The van der Waals surface area contributed by atoms with Crippen molar-refractivity contribution in [3.05, 3.63) is 0 Å². The van der Waals surface area contributed by atoms with Gasteiger partial charge in [0.1, 0.15) is 0 Å². The molecule has 0 aliphatic heterocycles. The first-order chi connectivity index (χ1) is 5.85. The fourth-order valence-corrected chi connectivity index (χ4v) is 0.998. The Morgan fingerprint density at radius 3 is 2.33 bits per heavy atom. The van der Waals surface area contributed by atoms with Crippen molar-refractivity contribution in [2.45, 2.75) is 26.7 Å². The van der Waals surface area contributed by atoms with Crippen LogP contribution in [0.4, 0.5) is 0 Å². The van der Waals surface area contributed by atoms with Gasteiger partial charge in [-0.1, -0.05) is 13.8 Å². The lowest BCUT2D eigenvalue weighted by Crippen LogP contribution is -1.96. The molecular weight excluding hydrogens is 183 g/mol. The molecule has 0 fully saturated rings. The first-order valence-corrected chi connectivity index (χ1v) is 4.98. The summed E-state index contributed by atoms with van der Waals surface area (Å²) < 4.78 is 13.4. The average Bonchev–Trinajstić information content (AvgIpc) is 2.11. The summed E-state index contributed by atoms with van der Waals surface area (Å²) in [6.45, 7) is 4.82. The molecule has 0 aromatic carbocycles. The summed E-state index contributed by atoms with van der Waals surface area (Å²) in [4.78, 5) is 4.65. The maximum atomic E-state index is 8.25. The highest BCUT2D eigenvalue weighted by Crippen LogP contribution is 2.38. The van der Waals surface area contributed by atoms with Crippen LogP contribution in [0.1, 0.15) is 26.7 Å². The normalized spacial score (nSPS) is 13.2. The standard InChI is InChI=1S/C6H15O5P/c1-3-5-8-11-12(10-7)9-6-4-2/h7H,3-6H2,1-2H3. The van der Waals surface area contributed by atoms with E-state index in [-0.39, 0.29) is 0 Å². The molecule has 0 aromatic heterocycles. The molecule has 1 N–H and O–H groups in total. The summed E-state index contributed by atoms with van der Waals surface area (Å²) >= 11 is 0. The van der Waals surface area contributed by atoms with Crippen molar-refractivity contribution in [3.8, 4) is 0 Å². The molecule has 0 aromatic rings. The van der Waals surface area contributed by atoms with Crippen LogP contribution in [-0.2, 0) is 18.8 Å². The largest absolute Gasteiger partial charge is 0.391 e. The van der Waals surface area contributed by atoms with Gasteiger partial charge in [-0.2, -0.15) is 9.35 Å². The Hall–Kier alpha value is 0.230. The first kappa shape index (κ1) is 12.2. The topological polar surface area (TPSA) is 57.2 Å². The Balaban J connectivity index is 3.26. The van der Waals surface area contributed by atoms with Crippen molar-refractivity contribution in [3.63, 3.8) is 0 Å². The molecule has 0 rings (SSSR count). The van der Waals surface area contributed by atoms with Gasteiger partial charge in [0.25, 0.3) is 0 Å². The molecule has 0 heterocycles. The Morgan fingerprint density at radius 2 is 1.83 bits per heavy atom. The third kappa shape index (κ3) is 6.91. The summed E-state index contributed by atoms with van der Waals surface area (Å²) in [5, 5.41) is 8.25. The first-order valence-electron chi connectivity index (χ1n) is 3.89. The van der Waals surface area contributed by atoms with Crippen LogP contribution in [0.5, 0.6) is 0 Å². The second-order valence-electron chi connectivity index (χ2n) is 2.03. The van der Waals surface area contributed by atoms with Crippen LogP contribution in [0.2, 0.25) is 0 Å². The fourth-order valence-electron chi connectivity index (χ4n) is 0.388. The number of hydrogen-bond donors (Lipinski definition) is 1. The Labute approximate surface area is 73.4 Å². The van der Waals surface area contributed by atoms with Crippen molar-refractivity contribution in [2.24, 2.45) is 0 Å². The van der Waals surface area contributed by atoms with E-state index in [4.69, 9.17) is 9.78 Å². The Kier molecular flexibility index (Phi) is 9.50. The highest BCUT2D eigenvalue weighted by molar-refractivity contribution is 7.41. The minimum atomic E-state index is -1.74. The molecular formula is C6H15O5P. The average molecular weight is 198 g/mol. The predicted octanol–water partition coefficient (Wildman–Crippen LogP) is 2.49. The minimum Gasteiger partial charge on any atom is -0.309 e. The minimum absolute atomic E-state index is 0.456. The summed E-state index contributed by atoms with van der Waals surface area (Å²) in [5.41, 5.74) is 0.